The third-order valence-electron chi connectivity index (χ3n) is 5.36. The molecule has 8 nitrogen and oxygen atoms in total. The molecule has 2 aromatic rings. The van der Waals surface area contributed by atoms with Gasteiger partial charge in [-0.15, -0.1) is 0 Å². The Morgan fingerprint density at radius 1 is 1.31 bits per heavy atom. The van der Waals surface area contributed by atoms with Crippen molar-refractivity contribution >= 4 is 28.8 Å². The molecule has 2 aliphatic rings. The second-order valence-corrected chi connectivity index (χ2v) is 7.40. The highest BCUT2D eigenvalue weighted by Gasteiger charge is 2.25. The molecule has 0 saturated carbocycles. The van der Waals surface area contributed by atoms with Crippen molar-refractivity contribution in [2.75, 3.05) is 24.7 Å². The number of aryl methyl sites for hydroxylation is 1. The van der Waals surface area contributed by atoms with Gasteiger partial charge in [-0.25, -0.2) is 15.0 Å². The third kappa shape index (κ3) is 4.07. The number of carbonyl (C=O) groups is 1. The minimum Gasteiger partial charge on any atom is -0.508 e. The van der Waals surface area contributed by atoms with E-state index < -0.39 is 0 Å². The van der Waals surface area contributed by atoms with Gasteiger partial charge in [-0.05, 0) is 56.9 Å². The van der Waals surface area contributed by atoms with Gasteiger partial charge in [0, 0.05) is 31.5 Å². The first-order valence-electron chi connectivity index (χ1n) is 9.88. The predicted molar refractivity (Wildman–Crippen MR) is 110 cm³/mol. The van der Waals surface area contributed by atoms with Crippen LogP contribution in [0.1, 0.15) is 31.0 Å². The molecule has 3 heterocycles. The van der Waals surface area contributed by atoms with Gasteiger partial charge in [0.15, 0.2) is 5.82 Å². The third-order valence-corrected chi connectivity index (χ3v) is 5.36. The number of hydrogen-bond donors (Lipinski definition) is 2. The summed E-state index contributed by atoms with van der Waals surface area (Å²) in [6.07, 6.45) is 3.95. The van der Waals surface area contributed by atoms with E-state index in [0.717, 1.165) is 37.1 Å². The molecule has 8 heteroatoms. The van der Waals surface area contributed by atoms with E-state index in [2.05, 4.69) is 25.2 Å². The Labute approximate surface area is 169 Å². The number of aromatic hydroxyl groups is 1. The van der Waals surface area contributed by atoms with E-state index >= 15 is 0 Å². The summed E-state index contributed by atoms with van der Waals surface area (Å²) >= 11 is 0. The van der Waals surface area contributed by atoms with Crippen molar-refractivity contribution < 1.29 is 14.6 Å². The molecule has 1 fully saturated rings. The lowest BCUT2D eigenvalue weighted by molar-refractivity contribution is -0.116. The summed E-state index contributed by atoms with van der Waals surface area (Å²) in [5.74, 6) is 0.737. The predicted octanol–water partition coefficient (Wildman–Crippen LogP) is 2.57. The summed E-state index contributed by atoms with van der Waals surface area (Å²) in [5, 5.41) is 12.8. The van der Waals surface area contributed by atoms with Gasteiger partial charge in [-0.3, -0.25) is 4.79 Å². The molecule has 0 spiro atoms. The second-order valence-electron chi connectivity index (χ2n) is 7.40. The first kappa shape index (κ1) is 19.3. The van der Waals surface area contributed by atoms with Crippen molar-refractivity contribution in [3.63, 3.8) is 0 Å². The van der Waals surface area contributed by atoms with Crippen molar-refractivity contribution in [2.45, 2.75) is 39.2 Å². The standard InChI is InChI=1S/C21H25N5O3/c1-13-19(24-14(2)21(28)25-16-6-9-29-10-7-16)20(23-12-22-13)26-8-5-15-11-17(27)3-4-18(15)26/h3-4,11-12,16,27H,5-10H2,1-2H3,(H,25,28). The van der Waals surface area contributed by atoms with Gasteiger partial charge in [-0.1, -0.05) is 0 Å². The van der Waals surface area contributed by atoms with Crippen LogP contribution in [0.25, 0.3) is 0 Å². The van der Waals surface area contributed by atoms with Crippen LogP contribution in [0.4, 0.5) is 17.2 Å². The molecule has 2 N–H and O–H groups in total. The monoisotopic (exact) mass is 395 g/mol. The fraction of sp³-hybridized carbons (Fsp3) is 0.429. The summed E-state index contributed by atoms with van der Waals surface area (Å²) in [6, 6.07) is 5.44. The smallest absolute Gasteiger partial charge is 0.265 e. The Hall–Kier alpha value is -3.00. The number of anilines is 2. The van der Waals surface area contributed by atoms with Gasteiger partial charge in [-0.2, -0.15) is 0 Å². The SMILES string of the molecule is CC(=Nc1c(C)ncnc1N1CCc2cc(O)ccc21)C(=O)NC1CCOCC1. The molecule has 1 amide bonds. The molecule has 0 radical (unpaired) electrons. The van der Waals surface area contributed by atoms with Gasteiger partial charge in [0.05, 0.1) is 5.69 Å². The highest BCUT2D eigenvalue weighted by molar-refractivity contribution is 6.38. The lowest BCUT2D eigenvalue weighted by Gasteiger charge is -2.23. The first-order chi connectivity index (χ1) is 14.0. The number of aliphatic imine (C=N–C) groups is 1. The van der Waals surface area contributed by atoms with Crippen LogP contribution in [0.15, 0.2) is 29.5 Å². The molecule has 0 bridgehead atoms. The number of ether oxygens (including phenoxy) is 1. The Kier molecular flexibility index (Phi) is 5.44. The van der Waals surface area contributed by atoms with Crippen LogP contribution < -0.4 is 10.2 Å². The van der Waals surface area contributed by atoms with Crippen LogP contribution in [-0.4, -0.2) is 52.5 Å². The van der Waals surface area contributed by atoms with Gasteiger partial charge >= 0.3 is 0 Å². The lowest BCUT2D eigenvalue weighted by Crippen LogP contribution is -2.41. The molecule has 0 unspecified atom stereocenters. The summed E-state index contributed by atoms with van der Waals surface area (Å²) in [6.45, 7) is 5.63. The van der Waals surface area contributed by atoms with E-state index in [0.29, 0.717) is 36.1 Å². The number of benzene rings is 1. The van der Waals surface area contributed by atoms with Gasteiger partial charge in [0.2, 0.25) is 0 Å². The molecule has 1 saturated heterocycles. The molecular weight excluding hydrogens is 370 g/mol. The molecule has 29 heavy (non-hydrogen) atoms. The van der Waals surface area contributed by atoms with Crippen LogP contribution in [0.5, 0.6) is 5.75 Å². The number of aromatic nitrogens is 2. The van der Waals surface area contributed by atoms with Gasteiger partial charge < -0.3 is 20.1 Å². The van der Waals surface area contributed by atoms with Crippen LogP contribution in [0, 0.1) is 6.92 Å². The number of nitrogens with zero attached hydrogens (tertiary/aromatic N) is 4. The van der Waals surface area contributed by atoms with Gasteiger partial charge in [0.1, 0.15) is 23.5 Å². The minimum atomic E-state index is -0.183. The van der Waals surface area contributed by atoms with Crippen LogP contribution in [0.2, 0.25) is 0 Å². The zero-order valence-electron chi connectivity index (χ0n) is 16.7. The fourth-order valence-corrected chi connectivity index (χ4v) is 3.74. The van der Waals surface area contributed by atoms with Gasteiger partial charge in [0.25, 0.3) is 5.91 Å². The number of phenolic OH excluding ortho intramolecular Hbond substituents is 1. The Morgan fingerprint density at radius 3 is 2.90 bits per heavy atom. The number of rotatable bonds is 4. The number of phenols is 1. The number of nitrogens with one attached hydrogen (secondary N) is 1. The zero-order chi connectivity index (χ0) is 20.4. The average molecular weight is 395 g/mol. The topological polar surface area (TPSA) is 99.9 Å². The minimum absolute atomic E-state index is 0.118. The van der Waals surface area contributed by atoms with Crippen LogP contribution in [0.3, 0.4) is 0 Å². The van der Waals surface area contributed by atoms with Crippen molar-refractivity contribution in [2.24, 2.45) is 4.99 Å². The van der Waals surface area contributed by atoms with E-state index in [1.807, 2.05) is 13.0 Å². The highest BCUT2D eigenvalue weighted by atomic mass is 16.5. The number of amides is 1. The van der Waals surface area contributed by atoms with E-state index in [1.54, 1.807) is 19.1 Å². The largest absolute Gasteiger partial charge is 0.508 e. The molecule has 1 aromatic carbocycles. The van der Waals surface area contributed by atoms with E-state index in [9.17, 15) is 9.90 Å². The van der Waals surface area contributed by atoms with Crippen LogP contribution in [-0.2, 0) is 16.0 Å². The normalized spacial score (nSPS) is 17.3. The van der Waals surface area contributed by atoms with Crippen molar-refractivity contribution in [1.82, 2.24) is 15.3 Å². The zero-order valence-corrected chi connectivity index (χ0v) is 16.7. The number of hydrogen-bond acceptors (Lipinski definition) is 7. The quantitative estimate of drug-likeness (QED) is 0.772. The van der Waals surface area contributed by atoms with Crippen molar-refractivity contribution in [3.8, 4) is 5.75 Å². The van der Waals surface area contributed by atoms with Crippen molar-refractivity contribution in [3.05, 3.63) is 35.8 Å². The maximum Gasteiger partial charge on any atom is 0.265 e. The molecule has 0 atom stereocenters. The second kappa shape index (κ2) is 8.16. The Morgan fingerprint density at radius 2 is 2.10 bits per heavy atom. The maximum atomic E-state index is 12.6. The lowest BCUT2D eigenvalue weighted by atomic mass is 10.1. The average Bonchev–Trinajstić information content (AvgIpc) is 3.13. The molecular formula is C21H25N5O3. The summed E-state index contributed by atoms with van der Waals surface area (Å²) < 4.78 is 5.34. The number of carbonyl (C=O) groups excluding carboxylic acids is 1. The molecule has 1 aromatic heterocycles. The molecule has 4 rings (SSSR count). The Bertz CT molecular complexity index is 953. The maximum absolute atomic E-state index is 12.6. The first-order valence-corrected chi connectivity index (χ1v) is 9.88. The van der Waals surface area contributed by atoms with E-state index in [1.165, 1.54) is 6.33 Å². The van der Waals surface area contributed by atoms with Crippen molar-refractivity contribution in [1.29, 1.82) is 0 Å². The molecule has 2 aliphatic heterocycles. The fourth-order valence-electron chi connectivity index (χ4n) is 3.74. The number of fused-ring (bicyclic) bond motifs is 1. The summed E-state index contributed by atoms with van der Waals surface area (Å²) in [4.78, 5) is 28.1. The summed E-state index contributed by atoms with van der Waals surface area (Å²) in [7, 11) is 0. The summed E-state index contributed by atoms with van der Waals surface area (Å²) in [5.41, 5.74) is 3.72. The molecule has 152 valence electrons. The molecule has 0 aliphatic carbocycles. The Balaban J connectivity index is 1.62. The van der Waals surface area contributed by atoms with E-state index in [-0.39, 0.29) is 17.7 Å². The van der Waals surface area contributed by atoms with Crippen LogP contribution >= 0.6 is 0 Å². The highest BCUT2D eigenvalue weighted by Crippen LogP contribution is 2.40. The van der Waals surface area contributed by atoms with E-state index in [4.69, 9.17) is 4.74 Å².